The minimum absolute atomic E-state index is 0.817. The maximum atomic E-state index is 5.91. The van der Waals surface area contributed by atoms with Crippen LogP contribution in [0.1, 0.15) is 219 Å². The van der Waals surface area contributed by atoms with Gasteiger partial charge in [-0.3, -0.25) is 0 Å². The van der Waals surface area contributed by atoms with Crippen LogP contribution in [0.2, 0.25) is 0 Å². The molecule has 40 heavy (non-hydrogen) atoms. The number of nitrogens with zero attached hydrogens (tertiary/aromatic N) is 1. The van der Waals surface area contributed by atoms with Gasteiger partial charge in [0.2, 0.25) is 0 Å². The highest BCUT2D eigenvalue weighted by molar-refractivity contribution is 4.60. The van der Waals surface area contributed by atoms with Gasteiger partial charge >= 0.3 is 0 Å². The minimum Gasteiger partial charge on any atom is -0.329 e. The molecule has 2 N–H and O–H groups in total. The van der Waals surface area contributed by atoms with E-state index < -0.39 is 0 Å². The highest BCUT2D eigenvalue weighted by Gasteiger charge is 2.04. The van der Waals surface area contributed by atoms with Crippen molar-refractivity contribution in [3.63, 3.8) is 0 Å². The van der Waals surface area contributed by atoms with Crippen molar-refractivity contribution in [2.75, 3.05) is 26.2 Å². The molecule has 242 valence electrons. The van der Waals surface area contributed by atoms with E-state index in [0.29, 0.717) is 0 Å². The maximum absolute atomic E-state index is 5.91. The van der Waals surface area contributed by atoms with Crippen molar-refractivity contribution >= 4 is 0 Å². The van der Waals surface area contributed by atoms with E-state index in [2.05, 4.69) is 18.7 Å². The summed E-state index contributed by atoms with van der Waals surface area (Å²) < 4.78 is 0. The van der Waals surface area contributed by atoms with Crippen LogP contribution in [-0.4, -0.2) is 31.1 Å². The average Bonchev–Trinajstić information content (AvgIpc) is 2.96. The Labute approximate surface area is 255 Å². The summed E-state index contributed by atoms with van der Waals surface area (Å²) in [4.78, 5) is 2.65. The van der Waals surface area contributed by atoms with E-state index in [1.165, 1.54) is 219 Å². The number of hydrogen-bond acceptors (Lipinski definition) is 2. The topological polar surface area (TPSA) is 29.3 Å². The summed E-state index contributed by atoms with van der Waals surface area (Å²) in [6.07, 6.45) is 46.4. The Balaban J connectivity index is 3.35. The highest BCUT2D eigenvalue weighted by atomic mass is 15.1. The Bertz CT molecular complexity index is 388. The molecule has 0 aliphatic heterocycles. The quantitative estimate of drug-likeness (QED) is 0.0767. The number of unbranched alkanes of at least 4 members (excludes halogenated alkanes) is 30. The molecule has 0 saturated carbocycles. The second kappa shape index (κ2) is 36.9. The van der Waals surface area contributed by atoms with Gasteiger partial charge < -0.3 is 10.6 Å². The first kappa shape index (κ1) is 39.9. The van der Waals surface area contributed by atoms with Gasteiger partial charge in [-0.1, -0.05) is 206 Å². The first-order valence-electron chi connectivity index (χ1n) is 19.3. The van der Waals surface area contributed by atoms with Gasteiger partial charge in [-0.15, -0.1) is 0 Å². The maximum Gasteiger partial charge on any atom is 0.0105 e. The fraction of sp³-hybridized carbons (Fsp3) is 1.00. The smallest absolute Gasteiger partial charge is 0.0105 e. The molecule has 0 aliphatic carbocycles. The van der Waals surface area contributed by atoms with Gasteiger partial charge in [0.05, 0.1) is 0 Å². The molecule has 0 heterocycles. The van der Waals surface area contributed by atoms with Crippen LogP contribution in [-0.2, 0) is 0 Å². The van der Waals surface area contributed by atoms with Crippen molar-refractivity contribution in [2.45, 2.75) is 219 Å². The lowest BCUT2D eigenvalue weighted by molar-refractivity contribution is 0.267. The van der Waals surface area contributed by atoms with Crippen LogP contribution in [0.5, 0.6) is 0 Å². The summed E-state index contributed by atoms with van der Waals surface area (Å²) in [7, 11) is 0. The van der Waals surface area contributed by atoms with Crippen molar-refractivity contribution in [3.8, 4) is 0 Å². The molecule has 2 nitrogen and oxygen atoms in total. The Morgan fingerprint density at radius 2 is 0.475 bits per heavy atom. The van der Waals surface area contributed by atoms with E-state index in [1.807, 2.05) is 0 Å². The van der Waals surface area contributed by atoms with Crippen molar-refractivity contribution in [1.29, 1.82) is 0 Å². The largest absolute Gasteiger partial charge is 0.329 e. The third kappa shape index (κ3) is 34.1. The predicted octanol–water partition coefficient (Wildman–Crippen LogP) is 12.8. The monoisotopic (exact) mass is 565 g/mol. The molecule has 0 radical (unpaired) electrons. The van der Waals surface area contributed by atoms with Gasteiger partial charge in [0.1, 0.15) is 0 Å². The molecule has 0 aromatic heterocycles. The SMILES string of the molecule is CCCCCCCCCCCCCCCCCCN(CCN)CCCCCCCCCCCCCCCCCC. The van der Waals surface area contributed by atoms with Gasteiger partial charge in [0.25, 0.3) is 0 Å². The summed E-state index contributed by atoms with van der Waals surface area (Å²) in [6, 6.07) is 0. The van der Waals surface area contributed by atoms with E-state index in [1.54, 1.807) is 0 Å². The van der Waals surface area contributed by atoms with Crippen LogP contribution in [0.4, 0.5) is 0 Å². The second-order valence-corrected chi connectivity index (χ2v) is 13.2. The van der Waals surface area contributed by atoms with E-state index in [9.17, 15) is 0 Å². The molecule has 0 aliphatic rings. The molecular weight excluding hydrogens is 484 g/mol. The standard InChI is InChI=1S/C38H80N2/c1-3-5-7-9-11-13-15-17-19-21-23-25-27-29-31-33-36-40(38-35-39)37-34-32-30-28-26-24-22-20-18-16-14-12-10-8-6-4-2/h3-39H2,1-2H3. The number of rotatable bonds is 36. The lowest BCUT2D eigenvalue weighted by Gasteiger charge is -2.21. The van der Waals surface area contributed by atoms with Crippen LogP contribution >= 0.6 is 0 Å². The average molecular weight is 565 g/mol. The zero-order valence-corrected chi connectivity index (χ0v) is 28.5. The Hall–Kier alpha value is -0.0800. The van der Waals surface area contributed by atoms with Gasteiger partial charge in [0, 0.05) is 13.1 Å². The molecule has 2 heteroatoms. The highest BCUT2D eigenvalue weighted by Crippen LogP contribution is 2.15. The molecular formula is C38H80N2. The molecule has 0 aromatic carbocycles. The molecule has 0 bridgehead atoms. The van der Waals surface area contributed by atoms with Crippen LogP contribution in [0.15, 0.2) is 0 Å². The summed E-state index contributed by atoms with van der Waals surface area (Å²) in [5.74, 6) is 0. The zero-order valence-electron chi connectivity index (χ0n) is 28.5. The predicted molar refractivity (Wildman–Crippen MR) is 185 cm³/mol. The lowest BCUT2D eigenvalue weighted by Crippen LogP contribution is -2.31. The first-order valence-corrected chi connectivity index (χ1v) is 19.3. The molecule has 0 fully saturated rings. The third-order valence-corrected chi connectivity index (χ3v) is 9.10. The molecule has 0 rings (SSSR count). The van der Waals surface area contributed by atoms with Crippen LogP contribution in [0.25, 0.3) is 0 Å². The van der Waals surface area contributed by atoms with Crippen molar-refractivity contribution in [1.82, 2.24) is 4.90 Å². The Kier molecular flexibility index (Phi) is 36.9. The van der Waals surface area contributed by atoms with Gasteiger partial charge in [-0.05, 0) is 25.9 Å². The summed E-state index contributed by atoms with van der Waals surface area (Å²) in [6.45, 7) is 9.07. The summed E-state index contributed by atoms with van der Waals surface area (Å²) in [5, 5.41) is 0. The molecule has 0 aromatic rings. The third-order valence-electron chi connectivity index (χ3n) is 9.10. The van der Waals surface area contributed by atoms with Gasteiger partial charge in [-0.25, -0.2) is 0 Å². The van der Waals surface area contributed by atoms with Crippen LogP contribution < -0.4 is 5.73 Å². The van der Waals surface area contributed by atoms with Crippen molar-refractivity contribution in [3.05, 3.63) is 0 Å². The fourth-order valence-electron chi connectivity index (χ4n) is 6.28. The van der Waals surface area contributed by atoms with E-state index in [0.717, 1.165) is 13.1 Å². The van der Waals surface area contributed by atoms with Gasteiger partial charge in [0.15, 0.2) is 0 Å². The lowest BCUT2D eigenvalue weighted by atomic mass is 10.0. The van der Waals surface area contributed by atoms with Crippen molar-refractivity contribution in [2.24, 2.45) is 5.73 Å². The molecule has 0 saturated heterocycles. The summed E-state index contributed by atoms with van der Waals surface area (Å²) >= 11 is 0. The van der Waals surface area contributed by atoms with Crippen molar-refractivity contribution < 1.29 is 0 Å². The van der Waals surface area contributed by atoms with E-state index in [4.69, 9.17) is 5.73 Å². The Morgan fingerprint density at radius 3 is 0.675 bits per heavy atom. The molecule has 0 spiro atoms. The molecule has 0 unspecified atom stereocenters. The minimum atomic E-state index is 0.817. The fourth-order valence-corrected chi connectivity index (χ4v) is 6.28. The number of hydrogen-bond donors (Lipinski definition) is 1. The molecule has 0 amide bonds. The second-order valence-electron chi connectivity index (χ2n) is 13.2. The van der Waals surface area contributed by atoms with Gasteiger partial charge in [-0.2, -0.15) is 0 Å². The molecule has 0 atom stereocenters. The first-order chi connectivity index (χ1) is 19.8. The van der Waals surface area contributed by atoms with Crippen LogP contribution in [0.3, 0.4) is 0 Å². The number of nitrogens with two attached hydrogens (primary N) is 1. The van der Waals surface area contributed by atoms with E-state index in [-0.39, 0.29) is 0 Å². The van der Waals surface area contributed by atoms with Crippen LogP contribution in [0, 0.1) is 0 Å². The zero-order chi connectivity index (χ0) is 29.0. The van der Waals surface area contributed by atoms with E-state index >= 15 is 0 Å². The normalized spacial score (nSPS) is 11.7. The summed E-state index contributed by atoms with van der Waals surface area (Å²) in [5.41, 5.74) is 5.91. The Morgan fingerprint density at radius 1 is 0.275 bits per heavy atom.